The highest BCUT2D eigenvalue weighted by Crippen LogP contribution is 2.60. The molecule has 11 heteroatoms. The maximum Gasteiger partial charge on any atom is 0.416 e. The van der Waals surface area contributed by atoms with Crippen LogP contribution in [0.3, 0.4) is 0 Å². The molecule has 7 nitrogen and oxygen atoms in total. The number of aliphatic hydroxyl groups is 1. The minimum atomic E-state index is -4.49. The Hall–Kier alpha value is -1.49. The highest BCUT2D eigenvalue weighted by Gasteiger charge is 2.64. The average molecular weight is 771 g/mol. The molecule has 1 saturated heterocycles. The lowest BCUT2D eigenvalue weighted by Gasteiger charge is -2.59. The second kappa shape index (κ2) is 14.8. The summed E-state index contributed by atoms with van der Waals surface area (Å²) in [6, 6.07) is 0. The number of alkyl halides is 3. The molecule has 0 aromatic heterocycles. The van der Waals surface area contributed by atoms with Crippen LogP contribution in [0.5, 0.6) is 0 Å². The van der Waals surface area contributed by atoms with Gasteiger partial charge in [-0.25, -0.2) is 0 Å². The van der Waals surface area contributed by atoms with Crippen LogP contribution >= 0.6 is 11.8 Å². The molecule has 0 amide bonds. The Morgan fingerprint density at radius 3 is 1.98 bits per heavy atom. The number of carbonyl (C=O) groups is 3. The Morgan fingerprint density at radius 2 is 1.47 bits per heavy atom. The van der Waals surface area contributed by atoms with Gasteiger partial charge in [0.05, 0.1) is 16.7 Å². The fourth-order valence-corrected chi connectivity index (χ4v) is 12.6. The number of hydrogen-bond acceptors (Lipinski definition) is 8. The maximum atomic E-state index is 13.6. The second-order valence-electron chi connectivity index (χ2n) is 19.9. The first kappa shape index (κ1) is 41.2. The summed E-state index contributed by atoms with van der Waals surface area (Å²) in [6.45, 7) is 10.8. The van der Waals surface area contributed by atoms with E-state index < -0.39 is 22.6 Å². The number of esters is 3. The van der Waals surface area contributed by atoms with Crippen LogP contribution < -0.4 is 0 Å². The lowest BCUT2D eigenvalue weighted by atomic mass is 9.50. The molecule has 53 heavy (non-hydrogen) atoms. The molecule has 8 aliphatic carbocycles. The van der Waals surface area contributed by atoms with Crippen molar-refractivity contribution in [1.29, 1.82) is 0 Å². The van der Waals surface area contributed by atoms with Gasteiger partial charge in [-0.05, 0) is 172 Å². The molecule has 8 saturated carbocycles. The Balaban J connectivity index is 0.000000222. The Bertz CT molecular complexity index is 1350. The third kappa shape index (κ3) is 7.79. The highest BCUT2D eigenvalue weighted by molar-refractivity contribution is 7.97. The van der Waals surface area contributed by atoms with Crippen molar-refractivity contribution in [2.24, 2.45) is 70.0 Å². The predicted molar refractivity (Wildman–Crippen MR) is 197 cm³/mol. The van der Waals surface area contributed by atoms with E-state index in [-0.39, 0.29) is 65.8 Å². The first-order valence-electron chi connectivity index (χ1n) is 20.5. The van der Waals surface area contributed by atoms with Crippen molar-refractivity contribution in [2.75, 3.05) is 12.5 Å². The molecular weight excluding hydrogens is 706 g/mol. The van der Waals surface area contributed by atoms with Crippen LogP contribution in [0.4, 0.5) is 13.2 Å². The van der Waals surface area contributed by atoms with Gasteiger partial charge in [-0.1, -0.05) is 13.3 Å². The van der Waals surface area contributed by atoms with Gasteiger partial charge in [-0.15, -0.1) is 0 Å². The van der Waals surface area contributed by atoms with Gasteiger partial charge in [0.1, 0.15) is 17.8 Å². The Labute approximate surface area is 319 Å². The van der Waals surface area contributed by atoms with Crippen LogP contribution in [0.15, 0.2) is 0 Å². The zero-order valence-corrected chi connectivity index (χ0v) is 34.1. The average Bonchev–Trinajstić information content (AvgIpc) is 3.88. The summed E-state index contributed by atoms with van der Waals surface area (Å²) in [5.41, 5.74) is -4.49. The fraction of sp³-hybridized carbons (Fsp3) is 0.929. The third-order valence-corrected chi connectivity index (χ3v) is 15.5. The normalized spacial score (nSPS) is 42.2. The van der Waals surface area contributed by atoms with Crippen molar-refractivity contribution in [3.63, 3.8) is 0 Å². The number of ether oxygens (including phenoxy) is 3. The SMILES string of the molecule is CC(O)(CC1CC2CCC1C2)C(F)(F)F.CCC(C)(CC(C)(C)C(=O)OC1(C)C2CC3CC(C2)CC1C3)C(=O)OC1C2CC3C(=O)OC1C3C2.CSC. The van der Waals surface area contributed by atoms with E-state index in [0.717, 1.165) is 50.9 Å². The van der Waals surface area contributed by atoms with Gasteiger partial charge in [-0.2, -0.15) is 24.9 Å². The number of fused-ring (bicyclic) bond motifs is 3. The quantitative estimate of drug-likeness (QED) is 0.183. The van der Waals surface area contributed by atoms with Crippen LogP contribution in [0.25, 0.3) is 0 Å². The van der Waals surface area contributed by atoms with Crippen molar-refractivity contribution in [2.45, 2.75) is 161 Å². The monoisotopic (exact) mass is 770 g/mol. The molecule has 8 bridgehead atoms. The van der Waals surface area contributed by atoms with Gasteiger partial charge in [0.15, 0.2) is 5.60 Å². The van der Waals surface area contributed by atoms with Crippen LogP contribution in [-0.2, 0) is 28.6 Å². The summed E-state index contributed by atoms with van der Waals surface area (Å²) in [5, 5.41) is 9.41. The van der Waals surface area contributed by atoms with Crippen molar-refractivity contribution in [3.05, 3.63) is 0 Å². The van der Waals surface area contributed by atoms with Crippen LogP contribution in [0, 0.1) is 70.0 Å². The molecule has 1 N–H and O–H groups in total. The van der Waals surface area contributed by atoms with E-state index in [1.807, 2.05) is 40.2 Å². The molecule has 10 unspecified atom stereocenters. The van der Waals surface area contributed by atoms with E-state index in [9.17, 15) is 32.7 Å². The molecule has 9 rings (SSSR count). The number of halogens is 3. The van der Waals surface area contributed by atoms with Gasteiger partial charge < -0.3 is 19.3 Å². The lowest BCUT2D eigenvalue weighted by Crippen LogP contribution is -2.59. The zero-order valence-electron chi connectivity index (χ0n) is 33.3. The number of hydrogen-bond donors (Lipinski definition) is 1. The van der Waals surface area contributed by atoms with E-state index in [0.29, 0.717) is 36.5 Å². The topological polar surface area (TPSA) is 99.1 Å². The molecule has 9 aliphatic rings. The molecule has 0 radical (unpaired) electrons. The first-order valence-corrected chi connectivity index (χ1v) is 22.1. The van der Waals surface area contributed by atoms with Gasteiger partial charge in [0, 0.05) is 11.8 Å². The first-order chi connectivity index (χ1) is 24.6. The highest BCUT2D eigenvalue weighted by atomic mass is 32.2. The van der Waals surface area contributed by atoms with Gasteiger partial charge >= 0.3 is 24.1 Å². The van der Waals surface area contributed by atoms with E-state index in [1.54, 1.807) is 11.8 Å². The van der Waals surface area contributed by atoms with Crippen molar-refractivity contribution >= 4 is 29.7 Å². The third-order valence-electron chi connectivity index (χ3n) is 15.5. The van der Waals surface area contributed by atoms with Gasteiger partial charge in [0.2, 0.25) is 0 Å². The lowest BCUT2D eigenvalue weighted by molar-refractivity contribution is -0.259. The van der Waals surface area contributed by atoms with Crippen LogP contribution in [0.2, 0.25) is 0 Å². The number of thioether (sulfide) groups is 1. The van der Waals surface area contributed by atoms with Crippen molar-refractivity contribution in [3.8, 4) is 0 Å². The zero-order chi connectivity index (χ0) is 38.9. The standard InChI is InChI=1S/C29H42O6.C11H17F3O.C2H6S/c1-6-28(4,26(32)34-22-17-12-20-21(13-17)24(30)33-23(20)22)14-27(2,3)25(31)35-29(5)18-8-15-7-16(10-18)11-19(29)9-15;1-10(15,11(12,13)14)6-9-5-7-2-3-8(9)4-7;1-3-2/h15-23H,6-14H2,1-5H3;7-9,15H,2-6H2,1H3;1-2H3. The van der Waals surface area contributed by atoms with Gasteiger partial charge in [-0.3, -0.25) is 14.4 Å². The summed E-state index contributed by atoms with van der Waals surface area (Å²) in [7, 11) is 0. The van der Waals surface area contributed by atoms with Gasteiger partial charge in [0.25, 0.3) is 0 Å². The molecule has 302 valence electrons. The smallest absolute Gasteiger partial charge is 0.416 e. The van der Waals surface area contributed by atoms with Crippen molar-refractivity contribution < 1.29 is 46.9 Å². The summed E-state index contributed by atoms with van der Waals surface area (Å²) in [4.78, 5) is 39.3. The minimum absolute atomic E-state index is 0.00208. The summed E-state index contributed by atoms with van der Waals surface area (Å²) >= 11 is 1.75. The number of carbonyl (C=O) groups excluding carboxylic acids is 3. The Morgan fingerprint density at radius 1 is 0.868 bits per heavy atom. The Kier molecular flexibility index (Phi) is 11.5. The molecule has 1 aliphatic heterocycles. The molecule has 10 atom stereocenters. The predicted octanol–water partition coefficient (Wildman–Crippen LogP) is 9.18. The van der Waals surface area contributed by atoms with Crippen LogP contribution in [0.1, 0.15) is 131 Å². The fourth-order valence-electron chi connectivity index (χ4n) is 12.6. The second-order valence-corrected chi connectivity index (χ2v) is 20.8. The van der Waals surface area contributed by atoms with Crippen LogP contribution in [-0.4, -0.2) is 65.1 Å². The molecule has 0 spiro atoms. The van der Waals surface area contributed by atoms with E-state index in [4.69, 9.17) is 14.2 Å². The van der Waals surface area contributed by atoms with E-state index in [1.165, 1.54) is 38.5 Å². The number of rotatable bonds is 9. The minimum Gasteiger partial charge on any atom is -0.458 e. The van der Waals surface area contributed by atoms with E-state index in [2.05, 4.69) is 6.92 Å². The molecule has 0 aromatic carbocycles. The van der Waals surface area contributed by atoms with E-state index >= 15 is 0 Å². The summed E-state index contributed by atoms with van der Waals surface area (Å²) in [6.07, 6.45) is 11.8. The summed E-state index contributed by atoms with van der Waals surface area (Å²) in [5.74, 6) is 3.53. The molecular formula is C42H65F3O7S. The van der Waals surface area contributed by atoms with Crippen molar-refractivity contribution in [1.82, 2.24) is 0 Å². The largest absolute Gasteiger partial charge is 0.458 e. The molecule has 1 heterocycles. The summed E-state index contributed by atoms with van der Waals surface area (Å²) < 4.78 is 55.5. The molecule has 0 aromatic rings. The molecule has 9 fully saturated rings. The maximum absolute atomic E-state index is 13.6.